The summed E-state index contributed by atoms with van der Waals surface area (Å²) in [5, 5.41) is 45.6. The highest BCUT2D eigenvalue weighted by Crippen LogP contribution is 2.39. The first-order valence-electron chi connectivity index (χ1n) is 18.4. The fraction of sp³-hybridized carbons (Fsp3) is 0.325. The van der Waals surface area contributed by atoms with E-state index in [1.54, 1.807) is 42.3 Å². The first kappa shape index (κ1) is 37.6. The standard InChI is InChI=1S/C40H42N8O8/c1-22(2)26-19-27(33(50)20-32(26)49)37-43-44-40(56)48(37)24-10-11-30-23(18-24)14-15-46(30)17-16-45(3)36(53)9-5-8-34(51)41-29-7-4-6-25-28(29)21-47(39(25)55)31-12-13-35(52)42-38(31)54/h4,6-7,10-11,14-15,18-20,22,31,49-50H,5,8-9,12-13,16-17,21H2,1-3H3,(H,41,51)(H,44,56)(H,42,52,54). The quantitative estimate of drug-likeness (QED) is 0.115. The van der Waals surface area contributed by atoms with Crippen molar-refractivity contribution in [2.24, 2.45) is 0 Å². The Morgan fingerprint density at radius 1 is 0.982 bits per heavy atom. The first-order chi connectivity index (χ1) is 26.8. The number of carbonyl (C=O) groups excluding carboxylic acids is 5. The molecular weight excluding hydrogens is 720 g/mol. The minimum Gasteiger partial charge on any atom is -0.508 e. The summed E-state index contributed by atoms with van der Waals surface area (Å²) in [5.74, 6) is -1.68. The third-order valence-corrected chi connectivity index (χ3v) is 10.4. The molecule has 1 saturated heterocycles. The number of piperidine rings is 1. The second kappa shape index (κ2) is 15.2. The summed E-state index contributed by atoms with van der Waals surface area (Å²) in [4.78, 5) is 66.1. The zero-order valence-corrected chi connectivity index (χ0v) is 31.2. The van der Waals surface area contributed by atoms with Gasteiger partial charge in [0.1, 0.15) is 17.5 Å². The van der Waals surface area contributed by atoms with Crippen molar-refractivity contribution >= 4 is 46.1 Å². The van der Waals surface area contributed by atoms with Crippen LogP contribution < -0.4 is 10.6 Å². The second-order valence-corrected chi connectivity index (χ2v) is 14.4. The van der Waals surface area contributed by atoms with Crippen molar-refractivity contribution in [3.8, 4) is 34.6 Å². The van der Waals surface area contributed by atoms with Crippen LogP contribution in [-0.4, -0.2) is 93.6 Å². The van der Waals surface area contributed by atoms with Crippen LogP contribution in [0.1, 0.15) is 73.4 Å². The number of anilines is 1. The van der Waals surface area contributed by atoms with Gasteiger partial charge < -0.3 is 35.0 Å². The van der Waals surface area contributed by atoms with Gasteiger partial charge in [0.15, 0.2) is 5.82 Å². The molecule has 0 spiro atoms. The van der Waals surface area contributed by atoms with Crippen molar-refractivity contribution in [2.75, 3.05) is 18.9 Å². The number of hydrogen-bond acceptors (Lipinski definition) is 10. The maximum atomic E-state index is 13.1. The van der Waals surface area contributed by atoms with Gasteiger partial charge in [0.25, 0.3) is 5.91 Å². The van der Waals surface area contributed by atoms with Gasteiger partial charge in [-0.3, -0.25) is 29.3 Å². The predicted octanol–water partition coefficient (Wildman–Crippen LogP) is 4.16. The number of phenols is 2. The summed E-state index contributed by atoms with van der Waals surface area (Å²) in [5.41, 5.74) is 3.85. The van der Waals surface area contributed by atoms with E-state index in [1.165, 1.54) is 15.5 Å². The van der Waals surface area contributed by atoms with Crippen LogP contribution in [0.5, 0.6) is 17.5 Å². The molecule has 290 valence electrons. The lowest BCUT2D eigenvalue weighted by atomic mass is 9.98. The number of likely N-dealkylation sites (N-methyl/N-ethyl adjacent to an activating group) is 1. The molecule has 2 aliphatic heterocycles. The van der Waals surface area contributed by atoms with Gasteiger partial charge in [-0.25, -0.2) is 4.57 Å². The van der Waals surface area contributed by atoms with Crippen molar-refractivity contribution < 1.29 is 39.3 Å². The number of rotatable bonds is 12. The van der Waals surface area contributed by atoms with Gasteiger partial charge in [-0.05, 0) is 66.8 Å². The Hall–Kier alpha value is -6.71. The largest absolute Gasteiger partial charge is 0.508 e. The van der Waals surface area contributed by atoms with Crippen molar-refractivity contribution in [3.05, 3.63) is 77.5 Å². The van der Waals surface area contributed by atoms with Crippen LogP contribution in [0.4, 0.5) is 5.69 Å². The van der Waals surface area contributed by atoms with Crippen molar-refractivity contribution in [3.63, 3.8) is 0 Å². The average Bonchev–Trinajstić information content (AvgIpc) is 3.85. The van der Waals surface area contributed by atoms with Gasteiger partial charge in [0.2, 0.25) is 23.6 Å². The normalized spacial score (nSPS) is 15.4. The van der Waals surface area contributed by atoms with Crippen LogP contribution in [0, 0.1) is 0 Å². The molecule has 5 amide bonds. The average molecular weight is 763 g/mol. The summed E-state index contributed by atoms with van der Waals surface area (Å²) in [7, 11) is 1.71. The van der Waals surface area contributed by atoms with Gasteiger partial charge in [-0.15, -0.1) is 5.10 Å². The number of carbonyl (C=O) groups is 5. The molecule has 1 unspecified atom stereocenters. The summed E-state index contributed by atoms with van der Waals surface area (Å²) in [6.45, 7) is 4.88. The van der Waals surface area contributed by atoms with Gasteiger partial charge in [0, 0.05) is 85.9 Å². The summed E-state index contributed by atoms with van der Waals surface area (Å²) < 4.78 is 3.43. The number of hydrogen-bond donors (Lipinski definition) is 5. The Labute approximate surface area is 321 Å². The number of amides is 5. The molecule has 0 saturated carbocycles. The maximum Gasteiger partial charge on any atom is 0.319 e. The van der Waals surface area contributed by atoms with E-state index >= 15 is 0 Å². The van der Waals surface area contributed by atoms with E-state index in [2.05, 4.69) is 20.8 Å². The molecule has 56 heavy (non-hydrogen) atoms. The lowest BCUT2D eigenvalue weighted by Gasteiger charge is -2.29. The molecule has 3 aromatic carbocycles. The molecule has 16 heteroatoms. The lowest BCUT2D eigenvalue weighted by molar-refractivity contribution is -0.137. The number of nitrogens with one attached hydrogen (secondary N) is 2. The van der Waals surface area contributed by atoms with E-state index in [9.17, 15) is 39.3 Å². The topological polar surface area (TPSA) is 212 Å². The molecule has 0 aliphatic carbocycles. The second-order valence-electron chi connectivity index (χ2n) is 14.4. The first-order valence-corrected chi connectivity index (χ1v) is 18.4. The van der Waals surface area contributed by atoms with Crippen LogP contribution in [0.3, 0.4) is 0 Å². The Morgan fingerprint density at radius 3 is 2.55 bits per heavy atom. The predicted molar refractivity (Wildman–Crippen MR) is 204 cm³/mol. The number of benzene rings is 3. The number of nitrogens with zero attached hydrogens (tertiary/aromatic N) is 6. The number of aromatic hydroxyl groups is 3. The van der Waals surface area contributed by atoms with E-state index in [-0.39, 0.29) is 85.1 Å². The SMILES string of the molecule is CC(C)c1cc(-c2nnc(O)n2-c2ccc3c(ccn3CCN(C)C(=O)CCCC(=O)Nc3cccc4c3CN(C3CCC(=O)NC3=O)C4=O)c2)c(O)cc1O. The number of imide groups is 1. The van der Waals surface area contributed by atoms with Crippen LogP contribution in [0.2, 0.25) is 0 Å². The van der Waals surface area contributed by atoms with Gasteiger partial charge in [-0.1, -0.05) is 25.0 Å². The van der Waals surface area contributed by atoms with Crippen LogP contribution in [-0.2, 0) is 32.3 Å². The smallest absolute Gasteiger partial charge is 0.319 e. The van der Waals surface area contributed by atoms with E-state index in [1.807, 2.05) is 42.8 Å². The van der Waals surface area contributed by atoms with Crippen molar-refractivity contribution in [1.29, 1.82) is 0 Å². The van der Waals surface area contributed by atoms with Crippen LogP contribution in [0.25, 0.3) is 28.0 Å². The molecule has 0 bridgehead atoms. The third kappa shape index (κ3) is 7.24. The van der Waals surface area contributed by atoms with Gasteiger partial charge >= 0.3 is 6.01 Å². The molecule has 7 rings (SSSR count). The van der Waals surface area contributed by atoms with Crippen LogP contribution >= 0.6 is 0 Å². The highest BCUT2D eigenvalue weighted by molar-refractivity contribution is 6.06. The summed E-state index contributed by atoms with van der Waals surface area (Å²) in [6, 6.07) is 14.2. The van der Waals surface area contributed by atoms with Gasteiger partial charge in [-0.2, -0.15) is 0 Å². The van der Waals surface area contributed by atoms with Gasteiger partial charge in [0.05, 0.1) is 11.3 Å². The Morgan fingerprint density at radius 2 is 1.79 bits per heavy atom. The highest BCUT2D eigenvalue weighted by atomic mass is 16.3. The Balaban J connectivity index is 0.929. The molecular formula is C40H42N8O8. The zero-order chi connectivity index (χ0) is 39.8. The van der Waals surface area contributed by atoms with Crippen molar-refractivity contribution in [1.82, 2.24) is 34.4 Å². The number of phenolic OH excluding ortho intramolecular Hbond substituents is 2. The Bertz CT molecular complexity index is 2400. The molecule has 4 heterocycles. The molecule has 5 aromatic rings. The maximum absolute atomic E-state index is 13.1. The molecule has 0 radical (unpaired) electrons. The fourth-order valence-electron chi connectivity index (χ4n) is 7.33. The fourth-order valence-corrected chi connectivity index (χ4v) is 7.33. The van der Waals surface area contributed by atoms with Crippen molar-refractivity contribution in [2.45, 2.75) is 71.0 Å². The summed E-state index contributed by atoms with van der Waals surface area (Å²) in [6.07, 6.45) is 2.87. The lowest BCUT2D eigenvalue weighted by Crippen LogP contribution is -2.52. The Kier molecular flexibility index (Phi) is 10.2. The van der Waals surface area contributed by atoms with E-state index in [0.29, 0.717) is 53.1 Å². The molecule has 16 nitrogen and oxygen atoms in total. The number of aromatic nitrogens is 4. The minimum absolute atomic E-state index is 0.0308. The molecule has 1 atom stereocenters. The summed E-state index contributed by atoms with van der Waals surface area (Å²) >= 11 is 0. The molecule has 2 aromatic heterocycles. The minimum atomic E-state index is -0.758. The highest BCUT2D eigenvalue weighted by Gasteiger charge is 2.40. The van der Waals surface area contributed by atoms with E-state index < -0.39 is 11.9 Å². The van der Waals surface area contributed by atoms with E-state index in [4.69, 9.17) is 0 Å². The number of fused-ring (bicyclic) bond motifs is 2. The monoisotopic (exact) mass is 762 g/mol. The van der Waals surface area contributed by atoms with Crippen LogP contribution in [0.15, 0.2) is 60.8 Å². The molecule has 2 aliphatic rings. The third-order valence-electron chi connectivity index (χ3n) is 10.4. The molecule has 1 fully saturated rings. The zero-order valence-electron chi connectivity index (χ0n) is 31.2. The van der Waals surface area contributed by atoms with E-state index in [0.717, 1.165) is 10.9 Å². The molecule has 5 N–H and O–H groups in total.